The monoisotopic (exact) mass is 423 g/mol. The molecule has 1 aromatic heterocycles. The van der Waals surface area contributed by atoms with Crippen LogP contribution in [0.25, 0.3) is 0 Å². The third-order valence-electron chi connectivity index (χ3n) is 6.97. The summed E-state index contributed by atoms with van der Waals surface area (Å²) in [6, 6.07) is 4.61. The predicted molar refractivity (Wildman–Crippen MR) is 127 cm³/mol. The Morgan fingerprint density at radius 2 is 2.06 bits per heavy atom. The van der Waals surface area contributed by atoms with E-state index in [4.69, 9.17) is 15.7 Å². The predicted octanol–water partition coefficient (Wildman–Crippen LogP) is 2.06. The zero-order valence-corrected chi connectivity index (χ0v) is 19.3. The van der Waals surface area contributed by atoms with Gasteiger partial charge in [0.1, 0.15) is 11.7 Å². The lowest BCUT2D eigenvalue weighted by molar-refractivity contribution is 0.161. The Kier molecular flexibility index (Phi) is 6.74. The molecule has 1 fully saturated rings. The van der Waals surface area contributed by atoms with E-state index in [0.717, 1.165) is 69.5 Å². The number of likely N-dealkylation sites (N-methyl/N-ethyl adjacent to an activating group) is 2. The summed E-state index contributed by atoms with van der Waals surface area (Å²) >= 11 is 0. The van der Waals surface area contributed by atoms with Crippen LogP contribution < -0.4 is 5.73 Å². The maximum Gasteiger partial charge on any atom is 0.107 e. The van der Waals surface area contributed by atoms with Crippen molar-refractivity contribution in [1.82, 2.24) is 24.6 Å². The number of hydrogen-bond acceptors (Lipinski definition) is 7. The third-order valence-corrected chi connectivity index (χ3v) is 6.97. The average molecular weight is 424 g/mol. The Morgan fingerprint density at radius 1 is 1.29 bits per heavy atom. The van der Waals surface area contributed by atoms with Crippen molar-refractivity contribution in [3.63, 3.8) is 0 Å². The first-order chi connectivity index (χ1) is 15.0. The summed E-state index contributed by atoms with van der Waals surface area (Å²) in [7, 11) is 4.36. The normalized spacial score (nSPS) is 22.6. The number of nitrogens with two attached hydrogens (primary N) is 1. The van der Waals surface area contributed by atoms with Gasteiger partial charge in [-0.1, -0.05) is 12.6 Å². The van der Waals surface area contributed by atoms with Gasteiger partial charge in [0.25, 0.3) is 0 Å². The van der Waals surface area contributed by atoms with Gasteiger partial charge < -0.3 is 20.4 Å². The number of aromatic nitrogens is 1. The maximum atomic E-state index is 6.19. The first kappa shape index (κ1) is 22.0. The lowest BCUT2D eigenvalue weighted by Crippen LogP contribution is -2.49. The van der Waals surface area contributed by atoms with Crippen molar-refractivity contribution in [2.75, 3.05) is 59.9 Å². The molecule has 0 spiro atoms. The summed E-state index contributed by atoms with van der Waals surface area (Å²) in [5.41, 5.74) is 11.1. The molecule has 1 atom stereocenters. The third kappa shape index (κ3) is 4.68. The fourth-order valence-electron chi connectivity index (χ4n) is 4.93. The van der Waals surface area contributed by atoms with Crippen LogP contribution in [0, 0.1) is 0 Å². The molecule has 4 rings (SSSR count). The van der Waals surface area contributed by atoms with Crippen LogP contribution in [0.5, 0.6) is 0 Å². The Hall–Kier alpha value is -2.22. The van der Waals surface area contributed by atoms with Gasteiger partial charge in [0, 0.05) is 52.0 Å². The summed E-state index contributed by atoms with van der Waals surface area (Å²) < 4.78 is 0. The summed E-state index contributed by atoms with van der Waals surface area (Å²) in [6.45, 7) is 12.7. The van der Waals surface area contributed by atoms with Crippen molar-refractivity contribution in [1.29, 1.82) is 0 Å². The van der Waals surface area contributed by atoms with Gasteiger partial charge in [-0.05, 0) is 57.5 Å². The lowest BCUT2D eigenvalue weighted by Gasteiger charge is -2.41. The summed E-state index contributed by atoms with van der Waals surface area (Å²) in [6.07, 6.45) is 5.39. The van der Waals surface area contributed by atoms with E-state index < -0.39 is 0 Å². The molecule has 0 radical (unpaired) electrons. The van der Waals surface area contributed by atoms with Gasteiger partial charge in [-0.25, -0.2) is 4.99 Å². The van der Waals surface area contributed by atoms with Crippen LogP contribution in [0.1, 0.15) is 37.1 Å². The highest BCUT2D eigenvalue weighted by molar-refractivity contribution is 5.83. The minimum atomic E-state index is 0.338. The molecule has 0 amide bonds. The van der Waals surface area contributed by atoms with Gasteiger partial charge in [0.05, 0.1) is 17.4 Å². The lowest BCUT2D eigenvalue weighted by atomic mass is 9.91. The number of piperazine rings is 1. The van der Waals surface area contributed by atoms with Crippen molar-refractivity contribution in [2.45, 2.75) is 32.2 Å². The van der Waals surface area contributed by atoms with Crippen LogP contribution in [0.15, 0.2) is 47.0 Å². The number of pyridine rings is 1. The number of aryl methyl sites for hydroxylation is 1. The maximum absolute atomic E-state index is 6.19. The van der Waals surface area contributed by atoms with E-state index in [1.165, 1.54) is 23.3 Å². The minimum absolute atomic E-state index is 0.338. The average Bonchev–Trinajstić information content (AvgIpc) is 2.79. The first-order valence-electron chi connectivity index (χ1n) is 11.5. The highest BCUT2D eigenvalue weighted by Gasteiger charge is 2.29. The summed E-state index contributed by atoms with van der Waals surface area (Å²) in [4.78, 5) is 19.1. The molecular formula is C24H37N7. The van der Waals surface area contributed by atoms with E-state index in [2.05, 4.69) is 53.3 Å². The smallest absolute Gasteiger partial charge is 0.107 e. The highest BCUT2D eigenvalue weighted by atomic mass is 15.4. The molecule has 7 heteroatoms. The molecule has 0 bridgehead atoms. The Labute approximate surface area is 186 Å². The second-order valence-corrected chi connectivity index (χ2v) is 9.08. The molecule has 7 nitrogen and oxygen atoms in total. The largest absolute Gasteiger partial charge is 0.356 e. The summed E-state index contributed by atoms with van der Waals surface area (Å²) in [5.74, 6) is 2.05. The fraction of sp³-hybridized carbons (Fsp3) is 0.583. The molecule has 1 saturated heterocycles. The number of hydrogen-bond donors (Lipinski definition) is 1. The topological polar surface area (TPSA) is 64.2 Å². The second-order valence-electron chi connectivity index (χ2n) is 9.08. The minimum Gasteiger partial charge on any atom is -0.356 e. The van der Waals surface area contributed by atoms with Gasteiger partial charge in [-0.3, -0.25) is 9.88 Å². The number of rotatable bonds is 6. The molecule has 2 N–H and O–H groups in total. The van der Waals surface area contributed by atoms with E-state index in [9.17, 15) is 0 Å². The first-order valence-corrected chi connectivity index (χ1v) is 11.5. The molecule has 2 aliphatic heterocycles. The Balaban J connectivity index is 1.47. The van der Waals surface area contributed by atoms with E-state index in [1.54, 1.807) is 0 Å². The van der Waals surface area contributed by atoms with Gasteiger partial charge in [0.15, 0.2) is 0 Å². The van der Waals surface area contributed by atoms with E-state index in [1.807, 2.05) is 12.3 Å². The Morgan fingerprint density at radius 3 is 2.81 bits per heavy atom. The Bertz CT molecular complexity index is 866. The van der Waals surface area contributed by atoms with Crippen molar-refractivity contribution in [2.24, 2.45) is 10.7 Å². The summed E-state index contributed by atoms with van der Waals surface area (Å²) in [5, 5.41) is 0. The molecule has 1 aliphatic carbocycles. The molecule has 31 heavy (non-hydrogen) atoms. The molecular weight excluding hydrogens is 386 g/mol. The molecule has 3 heterocycles. The number of fused-ring (bicyclic) bond motifs is 1. The van der Waals surface area contributed by atoms with Crippen molar-refractivity contribution < 1.29 is 0 Å². The van der Waals surface area contributed by atoms with Crippen LogP contribution in [-0.2, 0) is 6.42 Å². The van der Waals surface area contributed by atoms with E-state index >= 15 is 0 Å². The molecule has 168 valence electrons. The van der Waals surface area contributed by atoms with Gasteiger partial charge in [0.2, 0.25) is 0 Å². The molecule has 0 aromatic carbocycles. The van der Waals surface area contributed by atoms with E-state index in [-0.39, 0.29) is 0 Å². The van der Waals surface area contributed by atoms with Crippen molar-refractivity contribution >= 4 is 5.84 Å². The van der Waals surface area contributed by atoms with Crippen LogP contribution in [-0.4, -0.2) is 90.3 Å². The second kappa shape index (κ2) is 9.51. The van der Waals surface area contributed by atoms with Crippen LogP contribution in [0.3, 0.4) is 0 Å². The van der Waals surface area contributed by atoms with Crippen LogP contribution in [0.4, 0.5) is 0 Å². The van der Waals surface area contributed by atoms with Gasteiger partial charge in [-0.2, -0.15) is 0 Å². The van der Waals surface area contributed by atoms with Crippen LogP contribution >= 0.6 is 0 Å². The zero-order chi connectivity index (χ0) is 22.0. The standard InChI is InChI=1S/C24H37N7/c1-18-27-22(17-29(4)23-9-5-7-20-8-6-10-26-24(20)23)21(15-25)16-31(18)19(2)30-13-11-28(3)12-14-30/h6,8,10,23H,2,5,7,9,11-17,25H2,1,3-4H3/t23-/m0/s1. The quantitative estimate of drug-likeness (QED) is 0.756. The van der Waals surface area contributed by atoms with Crippen molar-refractivity contribution in [3.8, 4) is 0 Å². The molecule has 0 unspecified atom stereocenters. The molecule has 1 aromatic rings. The van der Waals surface area contributed by atoms with Crippen LogP contribution in [0.2, 0.25) is 0 Å². The number of amidine groups is 1. The molecule has 3 aliphatic rings. The molecule has 0 saturated carbocycles. The van der Waals surface area contributed by atoms with Gasteiger partial charge in [-0.15, -0.1) is 0 Å². The van der Waals surface area contributed by atoms with Gasteiger partial charge >= 0.3 is 0 Å². The highest BCUT2D eigenvalue weighted by Crippen LogP contribution is 2.33. The van der Waals surface area contributed by atoms with Crippen molar-refractivity contribution in [3.05, 3.63) is 53.3 Å². The van der Waals surface area contributed by atoms with E-state index in [0.29, 0.717) is 12.6 Å². The number of nitrogens with zero attached hydrogens (tertiary/aromatic N) is 6. The zero-order valence-electron chi connectivity index (χ0n) is 19.3. The SMILES string of the molecule is C=C(N1CCN(C)CC1)N1CC(CN)=C(CN(C)[C@H]2CCCc3cccnc32)N=C1C. The number of aliphatic imine (C=N–C) groups is 1. The fourth-order valence-corrected chi connectivity index (χ4v) is 4.93.